The van der Waals surface area contributed by atoms with Gasteiger partial charge in [0.05, 0.1) is 11.8 Å². The van der Waals surface area contributed by atoms with E-state index in [1.807, 2.05) is 0 Å². The van der Waals surface area contributed by atoms with Crippen LogP contribution in [0, 0.1) is 28.6 Å². The molecule has 0 aromatic rings. The van der Waals surface area contributed by atoms with Gasteiger partial charge in [-0.1, -0.05) is 19.4 Å². The summed E-state index contributed by atoms with van der Waals surface area (Å²) in [6, 6.07) is -0.602. The Labute approximate surface area is 150 Å². The van der Waals surface area contributed by atoms with Crippen molar-refractivity contribution in [2.45, 2.75) is 71.3 Å². The predicted octanol–water partition coefficient (Wildman–Crippen LogP) is 3.33. The summed E-state index contributed by atoms with van der Waals surface area (Å²) < 4.78 is 0. The van der Waals surface area contributed by atoms with Crippen molar-refractivity contribution in [1.29, 1.82) is 0 Å². The van der Waals surface area contributed by atoms with E-state index < -0.39 is 6.03 Å². The molecule has 5 heteroatoms. The molecular formula is C20H31N3O2. The zero-order valence-electron chi connectivity index (χ0n) is 15.4. The van der Waals surface area contributed by atoms with Crippen LogP contribution in [0.1, 0.15) is 65.2 Å². The first-order valence-corrected chi connectivity index (χ1v) is 9.86. The average molecular weight is 345 g/mol. The minimum Gasteiger partial charge on any atom is -0.393 e. The van der Waals surface area contributed by atoms with Gasteiger partial charge in [0.15, 0.2) is 0 Å². The summed E-state index contributed by atoms with van der Waals surface area (Å²) in [5.41, 5.74) is 10.4. The summed E-state index contributed by atoms with van der Waals surface area (Å²) in [6.07, 6.45) is 11.0. The molecule has 5 nitrogen and oxygen atoms in total. The molecule has 0 aliphatic heterocycles. The van der Waals surface area contributed by atoms with Crippen LogP contribution in [0.25, 0.3) is 0 Å². The SMILES string of the molecule is C[C@]12CCC3C(CCC4=C/C(=N\NC(N)=O)CC[C@@]43C)C1CCC2O. The third kappa shape index (κ3) is 2.54. The van der Waals surface area contributed by atoms with E-state index >= 15 is 0 Å². The molecule has 4 aliphatic carbocycles. The van der Waals surface area contributed by atoms with Crippen LogP contribution >= 0.6 is 0 Å². The van der Waals surface area contributed by atoms with Crippen molar-refractivity contribution in [2.24, 2.45) is 39.4 Å². The number of amides is 2. The lowest BCUT2D eigenvalue weighted by molar-refractivity contribution is -0.0721. The van der Waals surface area contributed by atoms with Gasteiger partial charge in [-0.15, -0.1) is 0 Å². The fourth-order valence-electron chi connectivity index (χ4n) is 6.76. The molecule has 0 aromatic carbocycles. The van der Waals surface area contributed by atoms with Crippen molar-refractivity contribution < 1.29 is 9.90 Å². The lowest BCUT2D eigenvalue weighted by Gasteiger charge is -2.57. The van der Waals surface area contributed by atoms with Crippen LogP contribution in [0.2, 0.25) is 0 Å². The highest BCUT2D eigenvalue weighted by Crippen LogP contribution is 2.65. The normalized spacial score (nSPS) is 47.5. The molecule has 25 heavy (non-hydrogen) atoms. The Bertz CT molecular complexity index is 643. The van der Waals surface area contributed by atoms with Gasteiger partial charge >= 0.3 is 6.03 Å². The van der Waals surface area contributed by atoms with Gasteiger partial charge in [0.2, 0.25) is 0 Å². The minimum absolute atomic E-state index is 0.104. The van der Waals surface area contributed by atoms with E-state index in [0.29, 0.717) is 5.92 Å². The maximum absolute atomic E-state index is 10.9. The number of hydrogen-bond acceptors (Lipinski definition) is 3. The van der Waals surface area contributed by atoms with Crippen LogP contribution < -0.4 is 11.2 Å². The van der Waals surface area contributed by atoms with Gasteiger partial charge < -0.3 is 10.8 Å². The molecule has 6 atom stereocenters. The molecular weight excluding hydrogens is 314 g/mol. The van der Waals surface area contributed by atoms with Crippen molar-refractivity contribution in [3.8, 4) is 0 Å². The smallest absolute Gasteiger partial charge is 0.332 e. The number of aliphatic hydroxyl groups excluding tert-OH is 1. The Hall–Kier alpha value is -1.36. The number of allylic oxidation sites excluding steroid dienone is 2. The molecule has 0 radical (unpaired) electrons. The molecule has 0 aromatic heterocycles. The molecule has 138 valence electrons. The van der Waals surface area contributed by atoms with E-state index in [2.05, 4.69) is 30.5 Å². The van der Waals surface area contributed by atoms with E-state index in [0.717, 1.165) is 49.7 Å². The van der Waals surface area contributed by atoms with Crippen LogP contribution in [0.3, 0.4) is 0 Å². The number of nitrogens with two attached hydrogens (primary N) is 1. The van der Waals surface area contributed by atoms with Gasteiger partial charge in [-0.3, -0.25) is 0 Å². The highest BCUT2D eigenvalue weighted by molar-refractivity contribution is 5.97. The molecule has 0 bridgehead atoms. The van der Waals surface area contributed by atoms with Crippen molar-refractivity contribution in [2.75, 3.05) is 0 Å². The molecule has 4 aliphatic rings. The lowest BCUT2D eigenvalue weighted by Crippen LogP contribution is -2.51. The number of fused-ring (bicyclic) bond motifs is 5. The number of carbonyl (C=O) groups is 1. The largest absolute Gasteiger partial charge is 0.393 e. The number of urea groups is 1. The fourth-order valence-corrected chi connectivity index (χ4v) is 6.76. The second kappa shape index (κ2) is 5.83. The Morgan fingerprint density at radius 1 is 1.20 bits per heavy atom. The van der Waals surface area contributed by atoms with Crippen molar-refractivity contribution in [3.63, 3.8) is 0 Å². The number of primary amides is 1. The summed E-state index contributed by atoms with van der Waals surface area (Å²) in [5.74, 6) is 2.16. The number of nitrogens with zero attached hydrogens (tertiary/aromatic N) is 1. The summed E-state index contributed by atoms with van der Waals surface area (Å²) in [4.78, 5) is 10.9. The quantitative estimate of drug-likeness (QED) is 0.637. The van der Waals surface area contributed by atoms with Crippen LogP contribution in [0.5, 0.6) is 0 Å². The van der Waals surface area contributed by atoms with Gasteiger partial charge in [-0.2, -0.15) is 5.10 Å². The van der Waals surface area contributed by atoms with Gasteiger partial charge in [-0.25, -0.2) is 10.2 Å². The lowest BCUT2D eigenvalue weighted by atomic mass is 9.47. The van der Waals surface area contributed by atoms with Crippen LogP contribution in [0.4, 0.5) is 4.79 Å². The topological polar surface area (TPSA) is 87.7 Å². The van der Waals surface area contributed by atoms with Gasteiger partial charge in [0.1, 0.15) is 0 Å². The first-order chi connectivity index (χ1) is 11.8. The molecule has 3 fully saturated rings. The Kier molecular flexibility index (Phi) is 3.98. The van der Waals surface area contributed by atoms with E-state index in [1.54, 1.807) is 0 Å². The zero-order valence-corrected chi connectivity index (χ0v) is 15.4. The molecule has 0 saturated heterocycles. The Morgan fingerprint density at radius 3 is 2.76 bits per heavy atom. The van der Waals surface area contributed by atoms with Crippen LogP contribution in [-0.4, -0.2) is 23.0 Å². The second-order valence-corrected chi connectivity index (χ2v) is 9.22. The Morgan fingerprint density at radius 2 is 2.00 bits per heavy atom. The molecule has 3 saturated carbocycles. The third-order valence-electron chi connectivity index (χ3n) is 8.24. The first-order valence-electron chi connectivity index (χ1n) is 9.86. The standard InChI is InChI=1S/C20H31N3O2/c1-19-9-7-13(22-23-18(21)25)11-12(19)3-4-14-15-5-6-17(24)20(15,2)10-8-16(14)19/h11,14-17,24H,3-10H2,1-2H3,(H3,21,23,25)/b22-13-/t14?,15?,16?,17?,19-,20-/m0/s1. The number of nitrogens with one attached hydrogen (secondary N) is 1. The number of hydrazone groups is 1. The maximum atomic E-state index is 10.9. The van der Waals surface area contributed by atoms with Crippen LogP contribution in [0.15, 0.2) is 16.8 Å². The zero-order chi connectivity index (χ0) is 17.8. The van der Waals surface area contributed by atoms with Crippen molar-refractivity contribution in [1.82, 2.24) is 5.43 Å². The van der Waals surface area contributed by atoms with Gasteiger partial charge in [0, 0.05) is 0 Å². The van der Waals surface area contributed by atoms with Crippen LogP contribution in [-0.2, 0) is 0 Å². The predicted molar refractivity (Wildman–Crippen MR) is 97.9 cm³/mol. The number of aliphatic hydroxyl groups is 1. The van der Waals surface area contributed by atoms with Crippen molar-refractivity contribution >= 4 is 11.7 Å². The summed E-state index contributed by atoms with van der Waals surface area (Å²) in [5, 5.41) is 14.7. The summed E-state index contributed by atoms with van der Waals surface area (Å²) in [6.45, 7) is 4.78. The molecule has 4 unspecified atom stereocenters. The summed E-state index contributed by atoms with van der Waals surface area (Å²) >= 11 is 0. The molecule has 4 rings (SSSR count). The van der Waals surface area contributed by atoms with E-state index in [1.165, 1.54) is 24.8 Å². The monoisotopic (exact) mass is 345 g/mol. The average Bonchev–Trinajstić information content (AvgIpc) is 2.88. The number of rotatable bonds is 1. The number of carbonyl (C=O) groups excluding carboxylic acids is 1. The molecule has 0 spiro atoms. The van der Waals surface area contributed by atoms with Gasteiger partial charge in [-0.05, 0) is 86.0 Å². The second-order valence-electron chi connectivity index (χ2n) is 9.22. The van der Waals surface area contributed by atoms with Gasteiger partial charge in [0.25, 0.3) is 0 Å². The fraction of sp³-hybridized carbons (Fsp3) is 0.800. The molecule has 4 N–H and O–H groups in total. The Balaban J connectivity index is 1.60. The summed E-state index contributed by atoms with van der Waals surface area (Å²) in [7, 11) is 0. The maximum Gasteiger partial charge on any atom is 0.332 e. The van der Waals surface area contributed by atoms with E-state index in [4.69, 9.17) is 5.73 Å². The van der Waals surface area contributed by atoms with E-state index in [-0.39, 0.29) is 16.9 Å². The number of hydrogen-bond donors (Lipinski definition) is 3. The van der Waals surface area contributed by atoms with E-state index in [9.17, 15) is 9.90 Å². The highest BCUT2D eigenvalue weighted by atomic mass is 16.3. The van der Waals surface area contributed by atoms with Crippen molar-refractivity contribution in [3.05, 3.63) is 11.6 Å². The third-order valence-corrected chi connectivity index (χ3v) is 8.24. The minimum atomic E-state index is -0.602. The molecule has 0 heterocycles. The molecule has 2 amide bonds. The highest BCUT2D eigenvalue weighted by Gasteiger charge is 2.58. The first kappa shape index (κ1) is 17.1.